The van der Waals surface area contributed by atoms with Gasteiger partial charge in [-0.3, -0.25) is 0 Å². The molecular formula is C32H46F2N2O4. The molecule has 0 bridgehead atoms. The molecule has 1 saturated carbocycles. The lowest BCUT2D eigenvalue weighted by Gasteiger charge is -2.43. The van der Waals surface area contributed by atoms with Crippen molar-refractivity contribution in [2.45, 2.75) is 102 Å². The Kier molecular flexibility index (Phi) is 10.4. The van der Waals surface area contributed by atoms with Crippen LogP contribution in [-0.4, -0.2) is 47.2 Å². The molecule has 0 unspecified atom stereocenters. The van der Waals surface area contributed by atoms with Crippen molar-refractivity contribution in [2.75, 3.05) is 13.2 Å². The van der Waals surface area contributed by atoms with Crippen molar-refractivity contribution in [3.8, 4) is 0 Å². The van der Waals surface area contributed by atoms with Crippen LogP contribution in [0.15, 0.2) is 42.5 Å². The van der Waals surface area contributed by atoms with Crippen LogP contribution in [0.2, 0.25) is 0 Å². The van der Waals surface area contributed by atoms with Gasteiger partial charge in [-0.15, -0.1) is 0 Å². The Morgan fingerprint density at radius 3 is 2.23 bits per heavy atom. The average molecular weight is 561 g/mol. The van der Waals surface area contributed by atoms with Crippen LogP contribution in [0.25, 0.3) is 0 Å². The topological polar surface area (TPSA) is 90.8 Å². The molecule has 2 atom stereocenters. The quantitative estimate of drug-likeness (QED) is 0.315. The van der Waals surface area contributed by atoms with Gasteiger partial charge in [0.15, 0.2) is 0 Å². The van der Waals surface area contributed by atoms with Gasteiger partial charge >= 0.3 is 6.09 Å². The Labute approximate surface area is 237 Å². The largest absolute Gasteiger partial charge is 0.444 e. The number of benzene rings is 2. The van der Waals surface area contributed by atoms with Crippen LogP contribution in [0.5, 0.6) is 0 Å². The molecule has 40 heavy (non-hydrogen) atoms. The summed E-state index contributed by atoms with van der Waals surface area (Å²) in [5.41, 5.74) is 1.41. The first-order valence-corrected chi connectivity index (χ1v) is 14.2. The first-order chi connectivity index (χ1) is 18.6. The second kappa shape index (κ2) is 13.0. The molecule has 1 amide bonds. The van der Waals surface area contributed by atoms with Crippen LogP contribution in [0, 0.1) is 17.6 Å². The van der Waals surface area contributed by atoms with E-state index in [1.165, 1.54) is 17.7 Å². The summed E-state index contributed by atoms with van der Waals surface area (Å²) in [6.07, 6.45) is 1.43. The maximum Gasteiger partial charge on any atom is 0.407 e. The predicted molar refractivity (Wildman–Crippen MR) is 153 cm³/mol. The fourth-order valence-electron chi connectivity index (χ4n) is 5.37. The predicted octanol–water partition coefficient (Wildman–Crippen LogP) is 5.73. The van der Waals surface area contributed by atoms with Gasteiger partial charge in [-0.05, 0) is 93.0 Å². The van der Waals surface area contributed by atoms with E-state index in [9.17, 15) is 23.8 Å². The molecule has 4 N–H and O–H groups in total. The van der Waals surface area contributed by atoms with Crippen LogP contribution in [-0.2, 0) is 22.1 Å². The van der Waals surface area contributed by atoms with E-state index in [4.69, 9.17) is 4.74 Å². The Morgan fingerprint density at radius 1 is 1.05 bits per heavy atom. The van der Waals surface area contributed by atoms with Gasteiger partial charge in [0, 0.05) is 24.8 Å². The fourth-order valence-corrected chi connectivity index (χ4v) is 5.37. The van der Waals surface area contributed by atoms with Crippen molar-refractivity contribution >= 4 is 6.09 Å². The lowest BCUT2D eigenvalue weighted by atomic mass is 9.71. The van der Waals surface area contributed by atoms with Gasteiger partial charge in [0.2, 0.25) is 0 Å². The molecule has 6 nitrogen and oxygen atoms in total. The molecule has 1 aliphatic rings. The minimum absolute atomic E-state index is 0.00979. The van der Waals surface area contributed by atoms with Gasteiger partial charge in [0.25, 0.3) is 0 Å². The molecule has 3 rings (SSSR count). The first kappa shape index (κ1) is 32.0. The van der Waals surface area contributed by atoms with E-state index in [2.05, 4.69) is 55.7 Å². The van der Waals surface area contributed by atoms with Crippen molar-refractivity contribution in [2.24, 2.45) is 5.92 Å². The second-order valence-electron chi connectivity index (χ2n) is 13.2. The molecule has 2 aromatic carbocycles. The molecule has 1 fully saturated rings. The lowest BCUT2D eigenvalue weighted by molar-refractivity contribution is 0.0402. The number of ether oxygens (including phenoxy) is 1. The maximum atomic E-state index is 13.9. The Hall–Kier alpha value is -2.55. The average Bonchev–Trinajstić information content (AvgIpc) is 2.85. The van der Waals surface area contributed by atoms with Gasteiger partial charge in [-0.25, -0.2) is 13.6 Å². The van der Waals surface area contributed by atoms with Crippen molar-refractivity contribution in [3.05, 3.63) is 70.8 Å². The highest BCUT2D eigenvalue weighted by molar-refractivity contribution is 5.68. The minimum Gasteiger partial charge on any atom is -0.444 e. The molecule has 0 heterocycles. The summed E-state index contributed by atoms with van der Waals surface area (Å²) in [5, 5.41) is 27.5. The number of halogens is 2. The molecule has 0 aromatic heterocycles. The molecule has 2 aromatic rings. The van der Waals surface area contributed by atoms with Gasteiger partial charge in [0.1, 0.15) is 17.2 Å². The lowest BCUT2D eigenvalue weighted by Crippen LogP contribution is -2.54. The van der Waals surface area contributed by atoms with Crippen molar-refractivity contribution < 1.29 is 28.5 Å². The number of aliphatic hydroxyl groups is 2. The van der Waals surface area contributed by atoms with E-state index in [-0.39, 0.29) is 30.9 Å². The number of carbonyl (C=O) groups is 1. The van der Waals surface area contributed by atoms with Gasteiger partial charge in [-0.2, -0.15) is 0 Å². The van der Waals surface area contributed by atoms with Gasteiger partial charge in [-0.1, -0.05) is 45.0 Å². The SMILES string of the molecule is CC(C)(C)OC(=O)N[C@@H](Cc1cc(F)cc(F)c1)[C@H](O)CNC1(c2cccc(C(C)(C)C)c2)CCC(CO)CC1. The van der Waals surface area contributed by atoms with E-state index in [0.717, 1.165) is 37.3 Å². The number of rotatable bonds is 9. The zero-order chi connectivity index (χ0) is 29.7. The van der Waals surface area contributed by atoms with Crippen LogP contribution >= 0.6 is 0 Å². The van der Waals surface area contributed by atoms with Crippen LogP contribution in [0.4, 0.5) is 13.6 Å². The van der Waals surface area contributed by atoms with Crippen molar-refractivity contribution in [1.82, 2.24) is 10.6 Å². The van der Waals surface area contributed by atoms with E-state index >= 15 is 0 Å². The third-order valence-electron chi connectivity index (χ3n) is 7.69. The monoisotopic (exact) mass is 560 g/mol. The number of alkyl carbamates (subject to hydrolysis) is 1. The fraction of sp³-hybridized carbons (Fsp3) is 0.594. The Balaban J connectivity index is 1.86. The molecule has 222 valence electrons. The summed E-state index contributed by atoms with van der Waals surface area (Å²) in [4.78, 5) is 12.7. The molecule has 0 spiro atoms. The normalized spacial score (nSPS) is 21.5. The zero-order valence-electron chi connectivity index (χ0n) is 24.7. The highest BCUT2D eigenvalue weighted by Crippen LogP contribution is 2.40. The number of amides is 1. The summed E-state index contributed by atoms with van der Waals surface area (Å²) in [5.74, 6) is -1.22. The molecule has 8 heteroatoms. The van der Waals surface area contributed by atoms with Crippen LogP contribution in [0.3, 0.4) is 0 Å². The summed E-state index contributed by atoms with van der Waals surface area (Å²) in [6.45, 7) is 12.0. The summed E-state index contributed by atoms with van der Waals surface area (Å²) in [7, 11) is 0. The van der Waals surface area contributed by atoms with E-state index in [0.29, 0.717) is 5.56 Å². The number of nitrogens with one attached hydrogen (secondary N) is 2. The molecular weight excluding hydrogens is 514 g/mol. The second-order valence-corrected chi connectivity index (χ2v) is 13.2. The van der Waals surface area contributed by atoms with Gasteiger partial charge < -0.3 is 25.6 Å². The smallest absolute Gasteiger partial charge is 0.407 e. The summed E-state index contributed by atoms with van der Waals surface area (Å²) in [6, 6.07) is 10.8. The van der Waals surface area contributed by atoms with Crippen LogP contribution < -0.4 is 10.6 Å². The van der Waals surface area contributed by atoms with E-state index < -0.39 is 41.0 Å². The number of hydrogen-bond donors (Lipinski definition) is 4. The van der Waals surface area contributed by atoms with E-state index in [1.54, 1.807) is 20.8 Å². The maximum absolute atomic E-state index is 13.9. The zero-order valence-corrected chi connectivity index (χ0v) is 24.7. The third kappa shape index (κ3) is 8.98. The number of aliphatic hydroxyl groups excluding tert-OH is 2. The van der Waals surface area contributed by atoms with Gasteiger partial charge in [0.05, 0.1) is 12.1 Å². The van der Waals surface area contributed by atoms with Crippen molar-refractivity contribution in [1.29, 1.82) is 0 Å². The molecule has 0 saturated heterocycles. The third-order valence-corrected chi connectivity index (χ3v) is 7.69. The number of carbonyl (C=O) groups excluding carboxylic acids is 1. The Morgan fingerprint density at radius 2 is 1.68 bits per heavy atom. The Bertz CT molecular complexity index is 1110. The molecule has 0 radical (unpaired) electrons. The van der Waals surface area contributed by atoms with Crippen LogP contribution in [0.1, 0.15) is 83.9 Å². The standard InChI is InChI=1S/C32H46F2N2O4/c1-30(2,3)23-8-7-9-24(17-23)32(12-10-21(20-37)11-13-32)35-19-28(38)27(36-29(39)40-31(4,5)6)16-22-14-25(33)18-26(34)15-22/h7-9,14-15,17-18,21,27-28,35,37-38H,10-13,16,19-20H2,1-6H3,(H,36,39)/t21?,27-,28+,32?/m0/s1. The first-order valence-electron chi connectivity index (χ1n) is 14.2. The summed E-state index contributed by atoms with van der Waals surface area (Å²) < 4.78 is 33.3. The summed E-state index contributed by atoms with van der Waals surface area (Å²) >= 11 is 0. The highest BCUT2D eigenvalue weighted by Gasteiger charge is 2.38. The highest BCUT2D eigenvalue weighted by atomic mass is 19.1. The molecule has 1 aliphatic carbocycles. The number of hydrogen-bond acceptors (Lipinski definition) is 5. The minimum atomic E-state index is -1.09. The van der Waals surface area contributed by atoms with Crippen molar-refractivity contribution in [3.63, 3.8) is 0 Å². The molecule has 0 aliphatic heterocycles. The van der Waals surface area contributed by atoms with E-state index in [1.807, 2.05) is 0 Å².